The van der Waals surface area contributed by atoms with E-state index in [9.17, 15) is 24.8 Å². The first-order chi connectivity index (χ1) is 10.7. The second-order valence-electron chi connectivity index (χ2n) is 6.13. The standard InChI is InChI=1S/C15H19N3O5/c1-9-4-5-11(18(22)23)10(2)12(9)16-14(21)17-7-6-15(3,8-17)13(19)20/h4-5H,6-8H2,1-3H3,(H,16,21)(H,19,20). The normalized spacial score (nSPS) is 20.4. The molecule has 1 aliphatic rings. The van der Waals surface area contributed by atoms with Gasteiger partial charge in [-0.3, -0.25) is 14.9 Å². The molecular weight excluding hydrogens is 302 g/mol. The topological polar surface area (TPSA) is 113 Å². The quantitative estimate of drug-likeness (QED) is 0.656. The number of hydrogen-bond donors (Lipinski definition) is 2. The van der Waals surface area contributed by atoms with Gasteiger partial charge in [0.1, 0.15) is 0 Å². The molecule has 1 aliphatic heterocycles. The van der Waals surface area contributed by atoms with Gasteiger partial charge in [0.2, 0.25) is 0 Å². The van der Waals surface area contributed by atoms with Gasteiger partial charge in [0.05, 0.1) is 21.6 Å². The van der Waals surface area contributed by atoms with Crippen molar-refractivity contribution in [2.75, 3.05) is 18.4 Å². The van der Waals surface area contributed by atoms with Crippen LogP contribution in [0.3, 0.4) is 0 Å². The van der Waals surface area contributed by atoms with E-state index in [4.69, 9.17) is 0 Å². The summed E-state index contributed by atoms with van der Waals surface area (Å²) < 4.78 is 0. The Morgan fingerprint density at radius 1 is 1.39 bits per heavy atom. The van der Waals surface area contributed by atoms with Gasteiger partial charge in [-0.25, -0.2) is 4.79 Å². The van der Waals surface area contributed by atoms with Gasteiger partial charge in [0, 0.05) is 19.2 Å². The van der Waals surface area contributed by atoms with Crippen LogP contribution in [-0.4, -0.2) is 40.0 Å². The second-order valence-corrected chi connectivity index (χ2v) is 6.13. The fraction of sp³-hybridized carbons (Fsp3) is 0.467. The van der Waals surface area contributed by atoms with E-state index < -0.39 is 22.3 Å². The van der Waals surface area contributed by atoms with Gasteiger partial charge in [-0.15, -0.1) is 0 Å². The SMILES string of the molecule is Cc1ccc([N+](=O)[O-])c(C)c1NC(=O)N1CCC(C)(C(=O)O)C1. The Morgan fingerprint density at radius 2 is 2.04 bits per heavy atom. The number of nitro groups is 1. The van der Waals surface area contributed by atoms with Gasteiger partial charge in [0.15, 0.2) is 0 Å². The number of aliphatic carboxylic acids is 1. The lowest BCUT2D eigenvalue weighted by atomic mass is 9.90. The molecule has 1 fully saturated rings. The monoisotopic (exact) mass is 321 g/mol. The second kappa shape index (κ2) is 5.86. The van der Waals surface area contributed by atoms with Gasteiger partial charge in [-0.2, -0.15) is 0 Å². The minimum atomic E-state index is -0.954. The van der Waals surface area contributed by atoms with Crippen LogP contribution in [0.25, 0.3) is 0 Å². The van der Waals surface area contributed by atoms with Crippen LogP contribution in [0.15, 0.2) is 12.1 Å². The Balaban J connectivity index is 2.20. The minimum absolute atomic E-state index is 0.0669. The molecule has 8 nitrogen and oxygen atoms in total. The van der Waals surface area contributed by atoms with Gasteiger partial charge in [0.25, 0.3) is 5.69 Å². The Labute approximate surface area is 133 Å². The van der Waals surface area contributed by atoms with Crippen LogP contribution < -0.4 is 5.32 Å². The fourth-order valence-corrected chi connectivity index (χ4v) is 2.72. The van der Waals surface area contributed by atoms with Crippen molar-refractivity contribution in [1.29, 1.82) is 0 Å². The van der Waals surface area contributed by atoms with Crippen molar-refractivity contribution in [3.8, 4) is 0 Å². The number of carbonyl (C=O) groups excluding carboxylic acids is 1. The molecule has 0 spiro atoms. The molecule has 1 unspecified atom stereocenters. The highest BCUT2D eigenvalue weighted by molar-refractivity contribution is 5.92. The Bertz CT molecular complexity index is 688. The molecule has 0 saturated carbocycles. The zero-order chi connectivity index (χ0) is 17.4. The summed E-state index contributed by atoms with van der Waals surface area (Å²) in [5.74, 6) is -0.935. The molecule has 23 heavy (non-hydrogen) atoms. The van der Waals surface area contributed by atoms with E-state index >= 15 is 0 Å². The molecule has 2 N–H and O–H groups in total. The average molecular weight is 321 g/mol. The summed E-state index contributed by atoms with van der Waals surface area (Å²) in [4.78, 5) is 35.5. The third kappa shape index (κ3) is 3.10. The summed E-state index contributed by atoms with van der Waals surface area (Å²) in [6.45, 7) is 5.37. The molecule has 1 atom stereocenters. The predicted octanol–water partition coefficient (Wildman–Crippen LogP) is 2.54. The molecule has 1 aromatic carbocycles. The van der Waals surface area contributed by atoms with Crippen LogP contribution in [0.5, 0.6) is 0 Å². The van der Waals surface area contributed by atoms with E-state index in [0.717, 1.165) is 0 Å². The van der Waals surface area contributed by atoms with Crippen molar-refractivity contribution < 1.29 is 19.6 Å². The van der Waals surface area contributed by atoms with Crippen molar-refractivity contribution in [3.63, 3.8) is 0 Å². The van der Waals surface area contributed by atoms with E-state index in [-0.39, 0.29) is 12.2 Å². The molecule has 0 aliphatic carbocycles. The van der Waals surface area contributed by atoms with Crippen LogP contribution >= 0.6 is 0 Å². The maximum atomic E-state index is 12.4. The maximum Gasteiger partial charge on any atom is 0.321 e. The number of carboxylic acids is 1. The first kappa shape index (κ1) is 16.7. The highest BCUT2D eigenvalue weighted by atomic mass is 16.6. The summed E-state index contributed by atoms with van der Waals surface area (Å²) >= 11 is 0. The molecule has 124 valence electrons. The third-order valence-electron chi connectivity index (χ3n) is 4.35. The van der Waals surface area contributed by atoms with Crippen LogP contribution in [0, 0.1) is 29.4 Å². The van der Waals surface area contributed by atoms with Crippen molar-refractivity contribution in [2.45, 2.75) is 27.2 Å². The maximum absolute atomic E-state index is 12.4. The summed E-state index contributed by atoms with van der Waals surface area (Å²) in [5.41, 5.74) is 0.463. The minimum Gasteiger partial charge on any atom is -0.481 e. The molecule has 0 radical (unpaired) electrons. The lowest BCUT2D eigenvalue weighted by molar-refractivity contribution is -0.385. The Morgan fingerprint density at radius 3 is 2.57 bits per heavy atom. The molecule has 0 aromatic heterocycles. The highest BCUT2D eigenvalue weighted by Gasteiger charge is 2.42. The number of carboxylic acid groups (broad SMARTS) is 1. The van der Waals surface area contributed by atoms with E-state index in [2.05, 4.69) is 5.32 Å². The largest absolute Gasteiger partial charge is 0.481 e. The van der Waals surface area contributed by atoms with Crippen molar-refractivity contribution >= 4 is 23.4 Å². The van der Waals surface area contributed by atoms with Gasteiger partial charge < -0.3 is 15.3 Å². The molecule has 8 heteroatoms. The van der Waals surface area contributed by atoms with Gasteiger partial charge >= 0.3 is 12.0 Å². The number of aryl methyl sites for hydroxylation is 1. The number of anilines is 1. The summed E-state index contributed by atoms with van der Waals surface area (Å²) in [6, 6.07) is 2.53. The number of likely N-dealkylation sites (tertiary alicyclic amines) is 1. The third-order valence-corrected chi connectivity index (χ3v) is 4.35. The summed E-state index contributed by atoms with van der Waals surface area (Å²) in [5, 5.41) is 22.9. The van der Waals surface area contributed by atoms with E-state index in [0.29, 0.717) is 29.8 Å². The molecule has 1 aromatic rings. The lowest BCUT2D eigenvalue weighted by Gasteiger charge is -2.21. The Kier molecular flexibility index (Phi) is 4.26. The number of benzene rings is 1. The summed E-state index contributed by atoms with van der Waals surface area (Å²) in [6.07, 6.45) is 0.378. The van der Waals surface area contributed by atoms with Crippen LogP contribution in [0.1, 0.15) is 24.5 Å². The zero-order valence-corrected chi connectivity index (χ0v) is 13.3. The predicted molar refractivity (Wildman–Crippen MR) is 83.5 cm³/mol. The smallest absolute Gasteiger partial charge is 0.321 e. The molecule has 2 rings (SSSR count). The van der Waals surface area contributed by atoms with E-state index in [1.807, 2.05) is 0 Å². The number of urea groups is 1. The summed E-state index contributed by atoms with van der Waals surface area (Å²) in [7, 11) is 0. The number of amides is 2. The number of nitrogens with one attached hydrogen (secondary N) is 1. The fourth-order valence-electron chi connectivity index (χ4n) is 2.72. The van der Waals surface area contributed by atoms with Crippen LogP contribution in [0.4, 0.5) is 16.2 Å². The van der Waals surface area contributed by atoms with E-state index in [1.54, 1.807) is 26.8 Å². The Hall–Kier alpha value is -2.64. The molecule has 2 amide bonds. The number of nitro benzene ring substituents is 1. The van der Waals surface area contributed by atoms with Gasteiger partial charge in [-0.1, -0.05) is 6.07 Å². The molecule has 1 heterocycles. The van der Waals surface area contributed by atoms with E-state index in [1.165, 1.54) is 11.0 Å². The van der Waals surface area contributed by atoms with Crippen molar-refractivity contribution in [2.24, 2.45) is 5.41 Å². The molecule has 0 bridgehead atoms. The first-order valence-electron chi connectivity index (χ1n) is 7.19. The average Bonchev–Trinajstić information content (AvgIpc) is 2.87. The van der Waals surface area contributed by atoms with Crippen molar-refractivity contribution in [1.82, 2.24) is 4.90 Å². The highest BCUT2D eigenvalue weighted by Crippen LogP contribution is 2.32. The lowest BCUT2D eigenvalue weighted by Crippen LogP contribution is -2.37. The number of nitrogens with zero attached hydrogens (tertiary/aromatic N) is 2. The van der Waals surface area contributed by atoms with Crippen LogP contribution in [-0.2, 0) is 4.79 Å². The number of carbonyl (C=O) groups is 2. The number of rotatable bonds is 3. The van der Waals surface area contributed by atoms with Gasteiger partial charge in [-0.05, 0) is 32.8 Å². The first-order valence-corrected chi connectivity index (χ1v) is 7.19. The number of hydrogen-bond acceptors (Lipinski definition) is 4. The van der Waals surface area contributed by atoms with Crippen LogP contribution in [0.2, 0.25) is 0 Å². The molecular formula is C15H19N3O5. The molecule has 1 saturated heterocycles. The van der Waals surface area contributed by atoms with Crippen molar-refractivity contribution in [3.05, 3.63) is 33.4 Å². The zero-order valence-electron chi connectivity index (χ0n) is 13.3.